The zero-order valence-corrected chi connectivity index (χ0v) is 9.74. The normalized spacial score (nSPS) is 27.9. The molecule has 1 aromatic rings. The Bertz CT molecular complexity index is 328. The molecular formula is C13H20N2O. The summed E-state index contributed by atoms with van der Waals surface area (Å²) in [5.74, 6) is 0. The summed E-state index contributed by atoms with van der Waals surface area (Å²) in [7, 11) is 0. The van der Waals surface area contributed by atoms with E-state index < -0.39 is 0 Å². The van der Waals surface area contributed by atoms with E-state index in [0.717, 1.165) is 18.3 Å². The first-order valence-corrected chi connectivity index (χ1v) is 6.52. The lowest BCUT2D eigenvalue weighted by atomic mass is 9.57. The summed E-state index contributed by atoms with van der Waals surface area (Å²) in [5.41, 5.74) is 1.67. The summed E-state index contributed by atoms with van der Waals surface area (Å²) in [6, 6.07) is 2.67. The lowest BCUT2D eigenvalue weighted by Crippen LogP contribution is -2.54. The van der Waals surface area contributed by atoms with Gasteiger partial charge in [-0.05, 0) is 31.1 Å². The molecule has 88 valence electrons. The highest BCUT2D eigenvalue weighted by Crippen LogP contribution is 2.51. The van der Waals surface area contributed by atoms with Gasteiger partial charge in [-0.15, -0.1) is 0 Å². The van der Waals surface area contributed by atoms with Gasteiger partial charge in [0.2, 0.25) is 0 Å². The summed E-state index contributed by atoms with van der Waals surface area (Å²) >= 11 is 0. The molecule has 1 N–H and O–H groups in total. The largest absolute Gasteiger partial charge is 0.364 e. The highest BCUT2D eigenvalue weighted by Gasteiger charge is 2.46. The molecule has 0 aromatic carbocycles. The van der Waals surface area contributed by atoms with Gasteiger partial charge in [-0.25, -0.2) is 0 Å². The van der Waals surface area contributed by atoms with Gasteiger partial charge in [-0.1, -0.05) is 24.4 Å². The van der Waals surface area contributed by atoms with Crippen LogP contribution in [0.5, 0.6) is 0 Å². The van der Waals surface area contributed by atoms with E-state index in [1.54, 1.807) is 6.26 Å². The maximum absolute atomic E-state index is 4.85. The van der Waals surface area contributed by atoms with Crippen molar-refractivity contribution < 1.29 is 4.52 Å². The van der Waals surface area contributed by atoms with Crippen LogP contribution < -0.4 is 5.32 Å². The van der Waals surface area contributed by atoms with E-state index in [0.29, 0.717) is 5.41 Å². The first kappa shape index (κ1) is 10.3. The molecule has 16 heavy (non-hydrogen) atoms. The van der Waals surface area contributed by atoms with E-state index in [1.807, 2.05) is 6.07 Å². The summed E-state index contributed by atoms with van der Waals surface area (Å²) in [6.07, 6.45) is 11.6. The summed E-state index contributed by atoms with van der Waals surface area (Å²) in [4.78, 5) is 0. The Kier molecular flexibility index (Phi) is 2.72. The number of nitrogens with one attached hydrogen (secondary N) is 1. The Morgan fingerprint density at radius 3 is 2.81 bits per heavy atom. The quantitative estimate of drug-likeness (QED) is 0.851. The Morgan fingerprint density at radius 1 is 1.31 bits per heavy atom. The molecule has 3 rings (SSSR count). The van der Waals surface area contributed by atoms with Crippen molar-refractivity contribution in [1.29, 1.82) is 0 Å². The Morgan fingerprint density at radius 2 is 2.19 bits per heavy atom. The molecule has 1 unspecified atom stereocenters. The van der Waals surface area contributed by atoms with Gasteiger partial charge in [-0.3, -0.25) is 0 Å². The van der Waals surface area contributed by atoms with E-state index in [9.17, 15) is 0 Å². The van der Waals surface area contributed by atoms with Crippen molar-refractivity contribution in [2.45, 2.75) is 57.5 Å². The van der Waals surface area contributed by atoms with E-state index >= 15 is 0 Å². The molecule has 2 aliphatic carbocycles. The molecule has 0 aliphatic heterocycles. The predicted octanol–water partition coefficient (Wildman–Crippen LogP) is 2.88. The van der Waals surface area contributed by atoms with Crippen molar-refractivity contribution in [2.24, 2.45) is 5.41 Å². The van der Waals surface area contributed by atoms with Crippen molar-refractivity contribution in [2.75, 3.05) is 0 Å². The minimum absolute atomic E-state index is 0.641. The van der Waals surface area contributed by atoms with Crippen molar-refractivity contribution in [3.8, 4) is 0 Å². The molecule has 2 aliphatic rings. The van der Waals surface area contributed by atoms with Gasteiger partial charge in [0, 0.05) is 18.7 Å². The second-order valence-electron chi connectivity index (χ2n) is 5.39. The molecule has 1 heterocycles. The molecule has 2 saturated carbocycles. The lowest BCUT2D eigenvalue weighted by molar-refractivity contribution is 0.0218. The lowest BCUT2D eigenvalue weighted by Gasteiger charge is -2.52. The summed E-state index contributed by atoms with van der Waals surface area (Å²) in [5, 5.41) is 7.60. The number of hydrogen-bond acceptors (Lipinski definition) is 3. The molecule has 0 bridgehead atoms. The number of aromatic nitrogens is 1. The van der Waals surface area contributed by atoms with Crippen molar-refractivity contribution in [1.82, 2.24) is 10.5 Å². The van der Waals surface area contributed by atoms with Gasteiger partial charge in [0.05, 0.1) is 5.69 Å². The van der Waals surface area contributed by atoms with Crippen molar-refractivity contribution >= 4 is 0 Å². The standard InChI is InChI=1S/C13H20N2O/c1-2-6-13(7-3-1)8-4-12(13)14-10-11-5-9-16-15-11/h5,9,12,14H,1-4,6-8,10H2. The molecule has 3 nitrogen and oxygen atoms in total. The molecule has 1 atom stereocenters. The van der Waals surface area contributed by atoms with Crippen LogP contribution in [0.25, 0.3) is 0 Å². The maximum atomic E-state index is 4.85. The van der Waals surface area contributed by atoms with Crippen molar-refractivity contribution in [3.05, 3.63) is 18.0 Å². The Hall–Kier alpha value is -0.830. The SMILES string of the molecule is c1cc(CNC2CCC23CCCCC3)no1. The minimum atomic E-state index is 0.641. The molecule has 0 amide bonds. The van der Waals surface area contributed by atoms with Crippen LogP contribution in [0.3, 0.4) is 0 Å². The molecule has 3 heteroatoms. The monoisotopic (exact) mass is 220 g/mol. The van der Waals surface area contributed by atoms with Crippen LogP contribution in [0.4, 0.5) is 0 Å². The minimum Gasteiger partial charge on any atom is -0.364 e. The third kappa shape index (κ3) is 1.77. The van der Waals surface area contributed by atoms with Crippen LogP contribution in [0.2, 0.25) is 0 Å². The van der Waals surface area contributed by atoms with Crippen molar-refractivity contribution in [3.63, 3.8) is 0 Å². The smallest absolute Gasteiger partial charge is 0.124 e. The Balaban J connectivity index is 1.55. The van der Waals surface area contributed by atoms with Crippen LogP contribution in [0, 0.1) is 5.41 Å². The number of rotatable bonds is 3. The van der Waals surface area contributed by atoms with Gasteiger partial charge in [0.1, 0.15) is 6.26 Å². The zero-order chi connectivity index (χ0) is 10.8. The van der Waals surface area contributed by atoms with Gasteiger partial charge in [-0.2, -0.15) is 0 Å². The van der Waals surface area contributed by atoms with Gasteiger partial charge < -0.3 is 9.84 Å². The van der Waals surface area contributed by atoms with Gasteiger partial charge >= 0.3 is 0 Å². The third-order valence-corrected chi connectivity index (χ3v) is 4.54. The predicted molar refractivity (Wildman–Crippen MR) is 61.9 cm³/mol. The summed E-state index contributed by atoms with van der Waals surface area (Å²) < 4.78 is 4.85. The zero-order valence-electron chi connectivity index (χ0n) is 9.74. The topological polar surface area (TPSA) is 38.1 Å². The highest BCUT2D eigenvalue weighted by molar-refractivity contribution is 5.03. The fraction of sp³-hybridized carbons (Fsp3) is 0.769. The average molecular weight is 220 g/mol. The molecular weight excluding hydrogens is 200 g/mol. The number of hydrogen-bond donors (Lipinski definition) is 1. The second-order valence-corrected chi connectivity index (χ2v) is 5.39. The number of nitrogens with zero attached hydrogens (tertiary/aromatic N) is 1. The van der Waals surface area contributed by atoms with Crippen LogP contribution >= 0.6 is 0 Å². The second kappa shape index (κ2) is 4.21. The van der Waals surface area contributed by atoms with Crippen LogP contribution in [-0.4, -0.2) is 11.2 Å². The third-order valence-electron chi connectivity index (χ3n) is 4.54. The van der Waals surface area contributed by atoms with E-state index in [-0.39, 0.29) is 0 Å². The van der Waals surface area contributed by atoms with Crippen LogP contribution in [0.15, 0.2) is 16.9 Å². The van der Waals surface area contributed by atoms with Gasteiger partial charge in [0.15, 0.2) is 0 Å². The molecule has 1 spiro atoms. The maximum Gasteiger partial charge on any atom is 0.124 e. The first-order chi connectivity index (χ1) is 7.89. The van der Waals surface area contributed by atoms with E-state index in [2.05, 4.69) is 10.5 Å². The van der Waals surface area contributed by atoms with Crippen LogP contribution in [-0.2, 0) is 6.54 Å². The first-order valence-electron chi connectivity index (χ1n) is 6.52. The molecule has 0 saturated heterocycles. The fourth-order valence-electron chi connectivity index (χ4n) is 3.43. The summed E-state index contributed by atoms with van der Waals surface area (Å²) in [6.45, 7) is 0.864. The van der Waals surface area contributed by atoms with Crippen LogP contribution in [0.1, 0.15) is 50.6 Å². The molecule has 1 aromatic heterocycles. The average Bonchev–Trinajstić information content (AvgIpc) is 2.82. The Labute approximate surface area is 96.6 Å². The van der Waals surface area contributed by atoms with E-state index in [4.69, 9.17) is 4.52 Å². The van der Waals surface area contributed by atoms with Gasteiger partial charge in [0.25, 0.3) is 0 Å². The molecule has 0 radical (unpaired) electrons. The molecule has 2 fully saturated rings. The highest BCUT2D eigenvalue weighted by atomic mass is 16.5. The fourth-order valence-corrected chi connectivity index (χ4v) is 3.43. The van der Waals surface area contributed by atoms with E-state index in [1.165, 1.54) is 44.9 Å².